The fourth-order valence-electron chi connectivity index (χ4n) is 7.56. The minimum Gasteiger partial charge on any atom is -0.375 e. The number of imide groups is 1. The van der Waals surface area contributed by atoms with Gasteiger partial charge in [0.25, 0.3) is 0 Å². The van der Waals surface area contributed by atoms with Crippen LogP contribution in [0.4, 0.5) is 0 Å². The summed E-state index contributed by atoms with van der Waals surface area (Å²) in [5.41, 5.74) is 8.56. The normalized spacial score (nSPS) is 27.9. The standard InChI is InChI=1S/C31H46N6O4/c1-34-29-22(3-2-4-26(29)37(31(34)40)27-9-10-28(38)33-30(27)39)20-36-17-13-25(14-18-36)41-24-11-15-35(16-12-24)19-21-5-7-23(32)8-6-21/h2-4,21,23-25,27H,5-20,32H2,1H3,(H,33,38,39)/t21-,23-,27?. The van der Waals surface area contributed by atoms with E-state index in [1.165, 1.54) is 32.2 Å². The smallest absolute Gasteiger partial charge is 0.329 e. The second-order valence-corrected chi connectivity index (χ2v) is 12.9. The number of ether oxygens (including phenoxy) is 1. The third-order valence-corrected chi connectivity index (χ3v) is 9.96. The van der Waals surface area contributed by atoms with E-state index >= 15 is 0 Å². The third kappa shape index (κ3) is 6.30. The lowest BCUT2D eigenvalue weighted by atomic mass is 9.86. The first kappa shape index (κ1) is 28.6. The van der Waals surface area contributed by atoms with E-state index in [0.29, 0.717) is 24.7 Å². The summed E-state index contributed by atoms with van der Waals surface area (Å²) in [4.78, 5) is 42.6. The van der Waals surface area contributed by atoms with Gasteiger partial charge in [-0.2, -0.15) is 0 Å². The molecule has 41 heavy (non-hydrogen) atoms. The number of piperidine rings is 3. The predicted octanol–water partition coefficient (Wildman–Crippen LogP) is 2.28. The van der Waals surface area contributed by atoms with Gasteiger partial charge in [-0.3, -0.25) is 28.9 Å². The number of nitrogens with zero attached hydrogens (tertiary/aromatic N) is 4. The molecule has 2 amide bonds. The molecule has 1 aromatic carbocycles. The van der Waals surface area contributed by atoms with Crippen LogP contribution >= 0.6 is 0 Å². The van der Waals surface area contributed by atoms with Crippen LogP contribution in [0.15, 0.2) is 23.0 Å². The van der Waals surface area contributed by atoms with E-state index in [1.807, 2.05) is 12.1 Å². The van der Waals surface area contributed by atoms with Crippen molar-refractivity contribution in [1.29, 1.82) is 0 Å². The maximum Gasteiger partial charge on any atom is 0.329 e. The molecule has 2 aromatic rings. The third-order valence-electron chi connectivity index (χ3n) is 9.96. The van der Waals surface area contributed by atoms with Gasteiger partial charge in [-0.25, -0.2) is 4.79 Å². The number of amides is 2. The Balaban J connectivity index is 1.01. The van der Waals surface area contributed by atoms with Crippen molar-refractivity contribution in [2.24, 2.45) is 18.7 Å². The number of imidazole rings is 1. The van der Waals surface area contributed by atoms with Gasteiger partial charge < -0.3 is 15.4 Å². The van der Waals surface area contributed by atoms with Gasteiger partial charge >= 0.3 is 5.69 Å². The lowest BCUT2D eigenvalue weighted by molar-refractivity contribution is -0.135. The van der Waals surface area contributed by atoms with E-state index in [2.05, 4.69) is 21.2 Å². The van der Waals surface area contributed by atoms with Crippen LogP contribution in [-0.2, 0) is 27.9 Å². The van der Waals surface area contributed by atoms with Crippen molar-refractivity contribution in [2.75, 3.05) is 32.7 Å². The number of nitrogens with one attached hydrogen (secondary N) is 1. The quantitative estimate of drug-likeness (QED) is 0.494. The molecule has 3 aliphatic heterocycles. The molecule has 0 radical (unpaired) electrons. The molecule has 4 fully saturated rings. The van der Waals surface area contributed by atoms with Crippen molar-refractivity contribution in [3.05, 3.63) is 34.2 Å². The Hall–Kier alpha value is -2.53. The topological polar surface area (TPSA) is 115 Å². The maximum atomic E-state index is 13.2. The number of hydrogen-bond acceptors (Lipinski definition) is 7. The number of hydrogen-bond donors (Lipinski definition) is 2. The number of fused-ring (bicyclic) bond motifs is 1. The van der Waals surface area contributed by atoms with Crippen molar-refractivity contribution in [2.45, 2.75) is 95.0 Å². The average Bonchev–Trinajstić information content (AvgIpc) is 3.22. The summed E-state index contributed by atoms with van der Waals surface area (Å²) in [6.07, 6.45) is 10.5. The Bertz CT molecular complexity index is 1300. The van der Waals surface area contributed by atoms with E-state index < -0.39 is 11.9 Å². The summed E-state index contributed by atoms with van der Waals surface area (Å²) in [6.45, 7) is 6.20. The van der Waals surface area contributed by atoms with Gasteiger partial charge in [0.2, 0.25) is 11.8 Å². The lowest BCUT2D eigenvalue weighted by Crippen LogP contribution is -2.44. The van der Waals surface area contributed by atoms with E-state index in [9.17, 15) is 14.4 Å². The molecule has 0 spiro atoms. The van der Waals surface area contributed by atoms with Gasteiger partial charge in [0, 0.05) is 58.8 Å². The van der Waals surface area contributed by atoms with Gasteiger partial charge in [-0.1, -0.05) is 12.1 Å². The molecule has 3 saturated heterocycles. The number of nitrogens with two attached hydrogens (primary N) is 1. The number of aromatic nitrogens is 2. The van der Waals surface area contributed by atoms with Crippen LogP contribution in [0.5, 0.6) is 0 Å². The molecule has 10 nitrogen and oxygen atoms in total. The summed E-state index contributed by atoms with van der Waals surface area (Å²) < 4.78 is 9.81. The van der Waals surface area contributed by atoms with Gasteiger partial charge in [-0.15, -0.1) is 0 Å². The highest BCUT2D eigenvalue weighted by Crippen LogP contribution is 2.29. The molecule has 1 atom stereocenters. The molecule has 224 valence electrons. The molecule has 0 bridgehead atoms. The highest BCUT2D eigenvalue weighted by atomic mass is 16.5. The monoisotopic (exact) mass is 566 g/mol. The van der Waals surface area contributed by atoms with E-state index in [1.54, 1.807) is 16.2 Å². The summed E-state index contributed by atoms with van der Waals surface area (Å²) in [5.74, 6) is 0.142. The molecule has 6 rings (SSSR count). The van der Waals surface area contributed by atoms with Gasteiger partial charge in [0.05, 0.1) is 23.2 Å². The number of likely N-dealkylation sites (tertiary alicyclic amines) is 2. The molecule has 1 aliphatic carbocycles. The number of aryl methyl sites for hydroxylation is 1. The minimum atomic E-state index is -0.662. The fraction of sp³-hybridized carbons (Fsp3) is 0.710. The van der Waals surface area contributed by atoms with Crippen LogP contribution in [0.3, 0.4) is 0 Å². The average molecular weight is 567 g/mol. The minimum absolute atomic E-state index is 0.219. The van der Waals surface area contributed by atoms with E-state index in [0.717, 1.165) is 80.9 Å². The molecule has 4 heterocycles. The van der Waals surface area contributed by atoms with E-state index in [4.69, 9.17) is 10.5 Å². The second kappa shape index (κ2) is 12.4. The second-order valence-electron chi connectivity index (χ2n) is 12.9. The maximum absolute atomic E-state index is 13.2. The van der Waals surface area contributed by atoms with Crippen molar-refractivity contribution in [1.82, 2.24) is 24.3 Å². The predicted molar refractivity (Wildman–Crippen MR) is 157 cm³/mol. The number of benzene rings is 1. The Labute approximate surface area is 242 Å². The Kier molecular flexibility index (Phi) is 8.62. The van der Waals surface area contributed by atoms with Gasteiger partial charge in [0.1, 0.15) is 6.04 Å². The lowest BCUT2D eigenvalue weighted by Gasteiger charge is -2.38. The van der Waals surface area contributed by atoms with Crippen LogP contribution < -0.4 is 16.7 Å². The van der Waals surface area contributed by atoms with Crippen LogP contribution in [0.2, 0.25) is 0 Å². The number of rotatable bonds is 7. The summed E-state index contributed by atoms with van der Waals surface area (Å²) >= 11 is 0. The number of para-hydroxylation sites is 1. The first-order chi connectivity index (χ1) is 19.9. The van der Waals surface area contributed by atoms with Crippen molar-refractivity contribution in [3.8, 4) is 0 Å². The Morgan fingerprint density at radius 1 is 0.878 bits per heavy atom. The molecule has 3 N–H and O–H groups in total. The zero-order valence-corrected chi connectivity index (χ0v) is 24.4. The zero-order valence-electron chi connectivity index (χ0n) is 24.4. The summed E-state index contributed by atoms with van der Waals surface area (Å²) in [6, 6.07) is 5.70. The van der Waals surface area contributed by atoms with Gasteiger partial charge in [-0.05, 0) is 75.3 Å². The van der Waals surface area contributed by atoms with Crippen LogP contribution in [0, 0.1) is 5.92 Å². The molecule has 1 saturated carbocycles. The molecule has 10 heteroatoms. The Morgan fingerprint density at radius 2 is 1.54 bits per heavy atom. The fourth-order valence-corrected chi connectivity index (χ4v) is 7.56. The number of carbonyl (C=O) groups excluding carboxylic acids is 2. The SMILES string of the molecule is Cn1c(=O)n(C2CCC(=O)NC2=O)c2cccc(CN3CCC(OC4CCN(C[C@H]5CC[C@H](N)CC5)CC4)CC3)c21. The summed E-state index contributed by atoms with van der Waals surface area (Å²) in [5, 5.41) is 2.39. The van der Waals surface area contributed by atoms with E-state index in [-0.39, 0.29) is 18.0 Å². The van der Waals surface area contributed by atoms with Crippen molar-refractivity contribution >= 4 is 22.8 Å². The highest BCUT2D eigenvalue weighted by Gasteiger charge is 2.32. The van der Waals surface area contributed by atoms with Crippen LogP contribution in [0.25, 0.3) is 11.0 Å². The Morgan fingerprint density at radius 3 is 2.20 bits per heavy atom. The first-order valence-electron chi connectivity index (χ1n) is 15.7. The van der Waals surface area contributed by atoms with Crippen LogP contribution in [0.1, 0.15) is 75.8 Å². The highest BCUT2D eigenvalue weighted by molar-refractivity contribution is 6.00. The zero-order chi connectivity index (χ0) is 28.5. The molecule has 4 aliphatic rings. The van der Waals surface area contributed by atoms with Crippen LogP contribution in [-0.4, -0.2) is 81.7 Å². The molecule has 1 aromatic heterocycles. The molecule has 1 unspecified atom stereocenters. The van der Waals surface area contributed by atoms with Gasteiger partial charge in [0.15, 0.2) is 0 Å². The van der Waals surface area contributed by atoms with Crippen molar-refractivity contribution < 1.29 is 14.3 Å². The summed E-state index contributed by atoms with van der Waals surface area (Å²) in [7, 11) is 1.77. The molecular weight excluding hydrogens is 520 g/mol. The molecular formula is C31H46N6O4. The first-order valence-corrected chi connectivity index (χ1v) is 15.7. The van der Waals surface area contributed by atoms with Crippen molar-refractivity contribution in [3.63, 3.8) is 0 Å². The largest absolute Gasteiger partial charge is 0.375 e. The number of carbonyl (C=O) groups is 2.